The zero-order valence-electron chi connectivity index (χ0n) is 22.8. The molecule has 3 heterocycles. The minimum atomic E-state index is -0.972. The maximum atomic E-state index is 13.5. The summed E-state index contributed by atoms with van der Waals surface area (Å²) in [6, 6.07) is 4.86. The number of nitrogens with zero attached hydrogens (tertiary/aromatic N) is 3. The summed E-state index contributed by atoms with van der Waals surface area (Å²) in [5.41, 5.74) is 0.849. The molecule has 11 nitrogen and oxygen atoms in total. The Labute approximate surface area is 228 Å². The molecule has 39 heavy (non-hydrogen) atoms. The van der Waals surface area contributed by atoms with Crippen molar-refractivity contribution < 1.29 is 28.7 Å². The first kappa shape index (κ1) is 27.1. The van der Waals surface area contributed by atoms with Gasteiger partial charge < -0.3 is 15.0 Å². The number of fused-ring (bicyclic) bond motifs is 1. The van der Waals surface area contributed by atoms with Gasteiger partial charge in [0.2, 0.25) is 11.8 Å². The van der Waals surface area contributed by atoms with Gasteiger partial charge in [-0.25, -0.2) is 4.79 Å². The molecule has 1 unspecified atom stereocenters. The molecule has 4 aliphatic rings. The van der Waals surface area contributed by atoms with Crippen LogP contribution in [-0.4, -0.2) is 89.4 Å². The highest BCUT2D eigenvalue weighted by Gasteiger charge is 2.46. The summed E-state index contributed by atoms with van der Waals surface area (Å²) >= 11 is 0. The summed E-state index contributed by atoms with van der Waals surface area (Å²) in [5, 5.41) is 5.24. The molecule has 1 saturated carbocycles. The lowest BCUT2D eigenvalue weighted by Crippen LogP contribution is -2.54. The Kier molecular flexibility index (Phi) is 7.37. The van der Waals surface area contributed by atoms with E-state index in [1.165, 1.54) is 0 Å². The van der Waals surface area contributed by atoms with Gasteiger partial charge in [0.15, 0.2) is 0 Å². The van der Waals surface area contributed by atoms with E-state index in [0.29, 0.717) is 35.9 Å². The van der Waals surface area contributed by atoms with E-state index < -0.39 is 29.4 Å². The lowest BCUT2D eigenvalue weighted by molar-refractivity contribution is -0.136. The molecular weight excluding hydrogens is 502 g/mol. The van der Waals surface area contributed by atoms with Crippen molar-refractivity contribution in [2.75, 3.05) is 31.1 Å². The summed E-state index contributed by atoms with van der Waals surface area (Å²) < 4.78 is 5.39. The van der Waals surface area contributed by atoms with Crippen LogP contribution in [0, 0.1) is 0 Å². The summed E-state index contributed by atoms with van der Waals surface area (Å²) in [7, 11) is 0. The second-order valence-electron chi connectivity index (χ2n) is 11.8. The Balaban J connectivity index is 1.18. The number of alkyl carbamates (subject to hydrolysis) is 1. The standard InChI is InChI=1S/C28H37N5O6/c1-28(2,3)39-27(38)29-17-7-9-18(10-8-17)31-13-15-32(16-14-31)20-6-4-5-19-23(20)26(37)33(25(19)36)21-11-12-22(34)30-24(21)35/h4-6,17-18,21H,7-16H2,1-3H3,(H,29,38)(H,30,34,35). The van der Waals surface area contributed by atoms with Gasteiger partial charge in [0.25, 0.3) is 11.8 Å². The van der Waals surface area contributed by atoms with Crippen molar-refractivity contribution >= 4 is 35.4 Å². The van der Waals surface area contributed by atoms with Crippen LogP contribution < -0.4 is 15.5 Å². The zero-order chi connectivity index (χ0) is 27.9. The van der Waals surface area contributed by atoms with Crippen LogP contribution in [0.5, 0.6) is 0 Å². The largest absolute Gasteiger partial charge is 0.444 e. The molecule has 2 saturated heterocycles. The van der Waals surface area contributed by atoms with Crippen molar-refractivity contribution in [2.45, 2.75) is 83.0 Å². The smallest absolute Gasteiger partial charge is 0.407 e. The van der Waals surface area contributed by atoms with Gasteiger partial charge in [-0.05, 0) is 65.0 Å². The molecule has 0 bridgehead atoms. The fraction of sp³-hybridized carbons (Fsp3) is 0.607. The summed E-state index contributed by atoms with van der Waals surface area (Å²) in [5.74, 6) is -1.95. The Hall–Kier alpha value is -3.47. The third kappa shape index (κ3) is 5.63. The van der Waals surface area contributed by atoms with Crippen LogP contribution in [0.3, 0.4) is 0 Å². The van der Waals surface area contributed by atoms with E-state index in [0.717, 1.165) is 43.7 Å². The van der Waals surface area contributed by atoms with E-state index in [1.54, 1.807) is 12.1 Å². The van der Waals surface area contributed by atoms with E-state index in [2.05, 4.69) is 20.4 Å². The molecule has 0 spiro atoms. The molecule has 1 aliphatic carbocycles. The first-order chi connectivity index (χ1) is 18.5. The molecule has 210 valence electrons. The number of carbonyl (C=O) groups is 5. The minimum Gasteiger partial charge on any atom is -0.444 e. The van der Waals surface area contributed by atoms with Gasteiger partial charge in [-0.15, -0.1) is 0 Å². The maximum Gasteiger partial charge on any atom is 0.407 e. The molecule has 1 atom stereocenters. The number of carbonyl (C=O) groups excluding carboxylic acids is 5. The number of hydrogen-bond donors (Lipinski definition) is 2. The van der Waals surface area contributed by atoms with Crippen molar-refractivity contribution in [3.63, 3.8) is 0 Å². The third-order valence-corrected chi connectivity index (χ3v) is 8.04. The van der Waals surface area contributed by atoms with Gasteiger partial charge in [0.05, 0.1) is 16.8 Å². The number of hydrogen-bond acceptors (Lipinski definition) is 8. The van der Waals surface area contributed by atoms with Gasteiger partial charge in [0, 0.05) is 44.7 Å². The highest BCUT2D eigenvalue weighted by Crippen LogP contribution is 2.35. The average molecular weight is 540 g/mol. The molecule has 0 aromatic heterocycles. The lowest BCUT2D eigenvalue weighted by atomic mass is 9.90. The molecule has 5 rings (SSSR count). The van der Waals surface area contributed by atoms with Crippen molar-refractivity contribution in [1.29, 1.82) is 0 Å². The van der Waals surface area contributed by atoms with Crippen LogP contribution in [0.4, 0.5) is 10.5 Å². The Morgan fingerprint density at radius 1 is 0.949 bits per heavy atom. The van der Waals surface area contributed by atoms with Crippen LogP contribution in [0.15, 0.2) is 18.2 Å². The predicted molar refractivity (Wildman–Crippen MR) is 142 cm³/mol. The van der Waals surface area contributed by atoms with E-state index in [9.17, 15) is 24.0 Å². The van der Waals surface area contributed by atoms with E-state index in [4.69, 9.17) is 4.74 Å². The number of piperazine rings is 1. The predicted octanol–water partition coefficient (Wildman–Crippen LogP) is 2.05. The van der Waals surface area contributed by atoms with Crippen molar-refractivity contribution in [2.24, 2.45) is 0 Å². The second kappa shape index (κ2) is 10.6. The van der Waals surface area contributed by atoms with Gasteiger partial charge in [-0.3, -0.25) is 34.3 Å². The number of imide groups is 2. The number of anilines is 1. The normalized spacial score (nSPS) is 26.4. The number of ether oxygens (including phenoxy) is 1. The fourth-order valence-corrected chi connectivity index (χ4v) is 6.15. The number of amides is 5. The molecule has 3 aliphatic heterocycles. The quantitative estimate of drug-likeness (QED) is 0.557. The van der Waals surface area contributed by atoms with E-state index >= 15 is 0 Å². The molecular formula is C28H37N5O6. The highest BCUT2D eigenvalue weighted by molar-refractivity contribution is 6.25. The minimum absolute atomic E-state index is 0.0948. The van der Waals surface area contributed by atoms with Gasteiger partial charge in [-0.2, -0.15) is 0 Å². The Morgan fingerprint density at radius 3 is 2.28 bits per heavy atom. The lowest BCUT2D eigenvalue weighted by Gasteiger charge is -2.43. The fourth-order valence-electron chi connectivity index (χ4n) is 6.15. The van der Waals surface area contributed by atoms with E-state index in [-0.39, 0.29) is 30.9 Å². The van der Waals surface area contributed by atoms with Crippen molar-refractivity contribution in [3.05, 3.63) is 29.3 Å². The first-order valence-electron chi connectivity index (χ1n) is 13.8. The monoisotopic (exact) mass is 539 g/mol. The summed E-state index contributed by atoms with van der Waals surface area (Å²) in [4.78, 5) is 68.4. The molecule has 1 aromatic carbocycles. The number of rotatable bonds is 4. The van der Waals surface area contributed by atoms with Crippen LogP contribution in [0.2, 0.25) is 0 Å². The van der Waals surface area contributed by atoms with Gasteiger partial charge >= 0.3 is 6.09 Å². The topological polar surface area (TPSA) is 128 Å². The van der Waals surface area contributed by atoms with Crippen molar-refractivity contribution in [1.82, 2.24) is 20.4 Å². The maximum absolute atomic E-state index is 13.5. The van der Waals surface area contributed by atoms with Crippen LogP contribution in [-0.2, 0) is 14.3 Å². The average Bonchev–Trinajstić information content (AvgIpc) is 3.13. The SMILES string of the molecule is CC(C)(C)OC(=O)NC1CCC(N2CCN(c3cccc4c3C(=O)N(C3CCC(=O)NC3=O)C4=O)CC2)CC1. The third-order valence-electron chi connectivity index (χ3n) is 8.04. The Bertz CT molecular complexity index is 1180. The number of piperidine rings is 1. The number of nitrogens with one attached hydrogen (secondary N) is 2. The van der Waals surface area contributed by atoms with Crippen LogP contribution in [0.25, 0.3) is 0 Å². The summed E-state index contributed by atoms with van der Waals surface area (Å²) in [6.45, 7) is 8.66. The molecule has 0 radical (unpaired) electrons. The zero-order valence-corrected chi connectivity index (χ0v) is 22.8. The highest BCUT2D eigenvalue weighted by atomic mass is 16.6. The van der Waals surface area contributed by atoms with Gasteiger partial charge in [-0.1, -0.05) is 6.07 Å². The molecule has 5 amide bonds. The Morgan fingerprint density at radius 2 is 1.64 bits per heavy atom. The van der Waals surface area contributed by atoms with E-state index in [1.807, 2.05) is 26.8 Å². The molecule has 3 fully saturated rings. The molecule has 1 aromatic rings. The second-order valence-corrected chi connectivity index (χ2v) is 11.8. The molecule has 2 N–H and O–H groups in total. The number of benzene rings is 1. The van der Waals surface area contributed by atoms with Crippen LogP contribution >= 0.6 is 0 Å². The van der Waals surface area contributed by atoms with Gasteiger partial charge in [0.1, 0.15) is 11.6 Å². The van der Waals surface area contributed by atoms with Crippen LogP contribution in [0.1, 0.15) is 80.0 Å². The summed E-state index contributed by atoms with van der Waals surface area (Å²) in [6.07, 6.45) is 3.67. The van der Waals surface area contributed by atoms with Crippen molar-refractivity contribution in [3.8, 4) is 0 Å². The first-order valence-corrected chi connectivity index (χ1v) is 13.8. The molecule has 11 heteroatoms.